The molecule has 1 heterocycles. The van der Waals surface area contributed by atoms with Gasteiger partial charge in [0.15, 0.2) is 0 Å². The number of fused-ring (bicyclic) bond motifs is 1. The van der Waals surface area contributed by atoms with Crippen molar-refractivity contribution in [1.82, 2.24) is 0 Å². The lowest BCUT2D eigenvalue weighted by molar-refractivity contribution is -0.0565. The summed E-state index contributed by atoms with van der Waals surface area (Å²) in [5, 5.41) is 0. The van der Waals surface area contributed by atoms with Crippen LogP contribution in [0.15, 0.2) is 23.8 Å². The van der Waals surface area contributed by atoms with Gasteiger partial charge in [-0.05, 0) is 6.92 Å². The fraction of sp³-hybridized carbons (Fsp3) is 0.733. The highest BCUT2D eigenvalue weighted by atomic mass is 16.6. The average Bonchev–Trinajstić information content (AvgIpc) is 2.45. The summed E-state index contributed by atoms with van der Waals surface area (Å²) in [5.41, 5.74) is 1.19. The Morgan fingerprint density at radius 1 is 0.750 bits per heavy atom. The molecule has 1 saturated heterocycles. The van der Waals surface area contributed by atoms with Crippen molar-refractivity contribution in [3.8, 4) is 0 Å². The number of hydrogen-bond donors (Lipinski definition) is 0. The number of hydrogen-bond acceptors (Lipinski definition) is 5. The third kappa shape index (κ3) is 5.73. The van der Waals surface area contributed by atoms with Gasteiger partial charge >= 0.3 is 0 Å². The predicted octanol–water partition coefficient (Wildman–Crippen LogP) is 1.34. The molecular weight excluding hydrogens is 260 g/mol. The van der Waals surface area contributed by atoms with Crippen LogP contribution in [0.25, 0.3) is 0 Å². The van der Waals surface area contributed by atoms with Gasteiger partial charge in [-0.3, -0.25) is 0 Å². The van der Waals surface area contributed by atoms with E-state index in [1.165, 1.54) is 5.57 Å². The molecule has 114 valence electrons. The molecule has 20 heavy (non-hydrogen) atoms. The molecule has 2 aliphatic rings. The second-order valence-electron chi connectivity index (χ2n) is 4.78. The summed E-state index contributed by atoms with van der Waals surface area (Å²) in [5.74, 6) is 0. The molecule has 0 aromatic heterocycles. The van der Waals surface area contributed by atoms with E-state index in [-0.39, 0.29) is 12.2 Å². The lowest BCUT2D eigenvalue weighted by Gasteiger charge is -2.26. The van der Waals surface area contributed by atoms with Crippen LogP contribution in [0.3, 0.4) is 0 Å². The molecule has 0 radical (unpaired) electrons. The van der Waals surface area contributed by atoms with Crippen LogP contribution in [-0.2, 0) is 23.7 Å². The van der Waals surface area contributed by atoms with Crippen LogP contribution >= 0.6 is 0 Å². The van der Waals surface area contributed by atoms with Crippen LogP contribution in [-0.4, -0.2) is 65.1 Å². The largest absolute Gasteiger partial charge is 0.377 e. The van der Waals surface area contributed by atoms with Crippen molar-refractivity contribution < 1.29 is 23.7 Å². The molecule has 0 N–H and O–H groups in total. The standard InChI is InChI=1S/C15H24O5/c1-13-2-3-14-15(12-13)20-11-9-18-7-5-16-4-6-17-8-10-19-14/h2-3,12,14-15H,4-11H2,1H3. The summed E-state index contributed by atoms with van der Waals surface area (Å²) < 4.78 is 27.9. The van der Waals surface area contributed by atoms with Gasteiger partial charge in [-0.2, -0.15) is 0 Å². The van der Waals surface area contributed by atoms with Crippen molar-refractivity contribution in [1.29, 1.82) is 0 Å². The minimum atomic E-state index is -0.0521. The lowest BCUT2D eigenvalue weighted by atomic mass is 10.0. The third-order valence-corrected chi connectivity index (χ3v) is 3.12. The normalized spacial score (nSPS) is 30.8. The maximum Gasteiger partial charge on any atom is 0.106 e. The lowest BCUT2D eigenvalue weighted by Crippen LogP contribution is -2.32. The van der Waals surface area contributed by atoms with Crippen LogP contribution in [0.1, 0.15) is 6.92 Å². The van der Waals surface area contributed by atoms with Crippen LogP contribution in [0.4, 0.5) is 0 Å². The summed E-state index contributed by atoms with van der Waals surface area (Å²) >= 11 is 0. The highest BCUT2D eigenvalue weighted by molar-refractivity contribution is 5.25. The van der Waals surface area contributed by atoms with E-state index in [2.05, 4.69) is 19.1 Å². The molecular formula is C15H24O5. The Balaban J connectivity index is 1.83. The third-order valence-electron chi connectivity index (χ3n) is 3.12. The van der Waals surface area contributed by atoms with E-state index in [1.807, 2.05) is 6.08 Å². The molecule has 2 unspecified atom stereocenters. The molecule has 2 rings (SSSR count). The molecule has 0 aromatic carbocycles. The topological polar surface area (TPSA) is 46.2 Å². The summed E-state index contributed by atoms with van der Waals surface area (Å²) in [4.78, 5) is 0. The predicted molar refractivity (Wildman–Crippen MR) is 74.8 cm³/mol. The number of rotatable bonds is 0. The average molecular weight is 284 g/mol. The zero-order chi connectivity index (χ0) is 14.0. The first-order valence-corrected chi connectivity index (χ1v) is 7.19. The van der Waals surface area contributed by atoms with E-state index in [4.69, 9.17) is 23.7 Å². The van der Waals surface area contributed by atoms with Gasteiger partial charge in [0.2, 0.25) is 0 Å². The second kappa shape index (κ2) is 9.26. The Kier molecular flexibility index (Phi) is 7.25. The van der Waals surface area contributed by atoms with E-state index in [9.17, 15) is 0 Å². The van der Waals surface area contributed by atoms with Gasteiger partial charge in [0.1, 0.15) is 12.2 Å². The Morgan fingerprint density at radius 2 is 1.25 bits per heavy atom. The molecule has 0 bridgehead atoms. The molecule has 0 aromatic rings. The van der Waals surface area contributed by atoms with Crippen molar-refractivity contribution in [3.63, 3.8) is 0 Å². The van der Waals surface area contributed by atoms with Crippen molar-refractivity contribution in [3.05, 3.63) is 23.8 Å². The van der Waals surface area contributed by atoms with Gasteiger partial charge in [-0.25, -0.2) is 0 Å². The molecule has 5 nitrogen and oxygen atoms in total. The quantitative estimate of drug-likeness (QED) is 0.671. The molecule has 5 heteroatoms. The van der Waals surface area contributed by atoms with Gasteiger partial charge in [0.05, 0.1) is 52.9 Å². The SMILES string of the molecule is CC1=CC2OCCOCCOCCOCCOC2C=C1. The highest BCUT2D eigenvalue weighted by Crippen LogP contribution is 2.17. The summed E-state index contributed by atoms with van der Waals surface area (Å²) in [6.45, 7) is 6.66. The first-order valence-electron chi connectivity index (χ1n) is 7.19. The maximum atomic E-state index is 5.83. The Labute approximate surface area is 120 Å². The first-order chi connectivity index (χ1) is 9.86. The number of allylic oxidation sites excluding steroid dienone is 2. The van der Waals surface area contributed by atoms with Gasteiger partial charge < -0.3 is 23.7 Å². The van der Waals surface area contributed by atoms with Crippen LogP contribution in [0, 0.1) is 0 Å². The van der Waals surface area contributed by atoms with Gasteiger partial charge in [0, 0.05) is 0 Å². The summed E-state index contributed by atoms with van der Waals surface area (Å²) in [6.07, 6.45) is 6.09. The zero-order valence-electron chi connectivity index (χ0n) is 12.1. The second-order valence-corrected chi connectivity index (χ2v) is 4.78. The van der Waals surface area contributed by atoms with E-state index in [0.717, 1.165) is 0 Å². The Hall–Kier alpha value is -0.720. The van der Waals surface area contributed by atoms with E-state index in [1.54, 1.807) is 0 Å². The van der Waals surface area contributed by atoms with Crippen LogP contribution in [0.2, 0.25) is 0 Å². The molecule has 1 aliphatic heterocycles. The summed E-state index contributed by atoms with van der Waals surface area (Å²) in [7, 11) is 0. The summed E-state index contributed by atoms with van der Waals surface area (Å²) in [6, 6.07) is 0. The smallest absolute Gasteiger partial charge is 0.106 e. The maximum absolute atomic E-state index is 5.83. The molecule has 1 aliphatic carbocycles. The van der Waals surface area contributed by atoms with Gasteiger partial charge in [-0.1, -0.05) is 23.8 Å². The Morgan fingerprint density at radius 3 is 1.85 bits per heavy atom. The van der Waals surface area contributed by atoms with Gasteiger partial charge in [0.25, 0.3) is 0 Å². The fourth-order valence-corrected chi connectivity index (χ4v) is 2.09. The van der Waals surface area contributed by atoms with Crippen molar-refractivity contribution in [2.75, 3.05) is 52.9 Å². The zero-order valence-corrected chi connectivity index (χ0v) is 12.1. The minimum Gasteiger partial charge on any atom is -0.377 e. The number of ether oxygens (including phenoxy) is 5. The molecule has 2 atom stereocenters. The van der Waals surface area contributed by atoms with E-state index in [0.29, 0.717) is 52.9 Å². The van der Waals surface area contributed by atoms with Gasteiger partial charge in [-0.15, -0.1) is 0 Å². The minimum absolute atomic E-state index is 0.0509. The molecule has 0 amide bonds. The van der Waals surface area contributed by atoms with Crippen molar-refractivity contribution in [2.24, 2.45) is 0 Å². The monoisotopic (exact) mass is 284 g/mol. The Bertz CT molecular complexity index is 326. The first kappa shape index (κ1) is 15.7. The van der Waals surface area contributed by atoms with E-state index < -0.39 is 0 Å². The fourth-order valence-electron chi connectivity index (χ4n) is 2.09. The molecule has 0 saturated carbocycles. The van der Waals surface area contributed by atoms with Crippen LogP contribution in [0.5, 0.6) is 0 Å². The highest BCUT2D eigenvalue weighted by Gasteiger charge is 2.21. The van der Waals surface area contributed by atoms with Crippen molar-refractivity contribution >= 4 is 0 Å². The molecule has 1 fully saturated rings. The van der Waals surface area contributed by atoms with E-state index >= 15 is 0 Å². The van der Waals surface area contributed by atoms with Crippen LogP contribution < -0.4 is 0 Å². The molecule has 0 spiro atoms. The van der Waals surface area contributed by atoms with Crippen molar-refractivity contribution in [2.45, 2.75) is 19.1 Å².